The Hall–Kier alpha value is -1.75. The van der Waals surface area contributed by atoms with Crippen LogP contribution in [0.4, 0.5) is 0 Å². The minimum atomic E-state index is 0.766. The van der Waals surface area contributed by atoms with Crippen LogP contribution in [0.5, 0.6) is 0 Å². The number of rotatable bonds is 1. The highest BCUT2D eigenvalue weighted by molar-refractivity contribution is 5.86. The summed E-state index contributed by atoms with van der Waals surface area (Å²) in [6.45, 7) is 5.06. The van der Waals surface area contributed by atoms with Crippen LogP contribution in [0.2, 0.25) is 0 Å². The quantitative estimate of drug-likeness (QED) is 0.670. The molecular weight excluding hydrogens is 172 g/mol. The lowest BCUT2D eigenvalue weighted by molar-refractivity contribution is 0.796. The molecule has 2 nitrogen and oxygen atoms in total. The molecule has 0 N–H and O–H groups in total. The fraction of sp³-hybridized carbons (Fsp3) is 0.250. The van der Waals surface area contributed by atoms with E-state index in [1.54, 1.807) is 0 Å². The molecular formula is C12H12N2. The van der Waals surface area contributed by atoms with E-state index in [4.69, 9.17) is 5.26 Å². The van der Waals surface area contributed by atoms with Crippen LogP contribution in [0.3, 0.4) is 0 Å². The highest BCUT2D eigenvalue weighted by Gasteiger charge is 2.06. The van der Waals surface area contributed by atoms with E-state index < -0.39 is 0 Å². The summed E-state index contributed by atoms with van der Waals surface area (Å²) in [5.74, 6) is 0. The van der Waals surface area contributed by atoms with Gasteiger partial charge in [0, 0.05) is 23.6 Å². The van der Waals surface area contributed by atoms with Crippen LogP contribution in [0.15, 0.2) is 24.4 Å². The molecule has 1 heterocycles. The van der Waals surface area contributed by atoms with Crippen LogP contribution in [-0.2, 0) is 6.54 Å². The van der Waals surface area contributed by atoms with Crippen LogP contribution in [-0.4, -0.2) is 4.57 Å². The largest absolute Gasteiger partial charge is 0.346 e. The zero-order chi connectivity index (χ0) is 10.1. The maximum atomic E-state index is 8.95. The van der Waals surface area contributed by atoms with Gasteiger partial charge >= 0.3 is 0 Å². The summed E-state index contributed by atoms with van der Waals surface area (Å²) in [6, 6.07) is 8.42. The number of benzene rings is 1. The zero-order valence-corrected chi connectivity index (χ0v) is 8.41. The monoisotopic (exact) mass is 184 g/mol. The Labute approximate surface area is 83.4 Å². The normalized spacial score (nSPS) is 10.4. The Kier molecular flexibility index (Phi) is 2.01. The summed E-state index contributed by atoms with van der Waals surface area (Å²) >= 11 is 0. The van der Waals surface area contributed by atoms with Gasteiger partial charge < -0.3 is 4.57 Å². The van der Waals surface area contributed by atoms with Gasteiger partial charge in [-0.3, -0.25) is 0 Å². The van der Waals surface area contributed by atoms with Crippen LogP contribution < -0.4 is 0 Å². The number of aryl methyl sites for hydroxylation is 2. The topological polar surface area (TPSA) is 28.7 Å². The average Bonchev–Trinajstić information content (AvgIpc) is 2.55. The molecule has 0 atom stereocenters. The fourth-order valence-corrected chi connectivity index (χ4v) is 1.75. The van der Waals surface area contributed by atoms with E-state index in [9.17, 15) is 0 Å². The first kappa shape index (κ1) is 8.83. The first-order valence-electron chi connectivity index (χ1n) is 4.76. The highest BCUT2D eigenvalue weighted by Crippen LogP contribution is 2.21. The molecule has 0 unspecified atom stereocenters. The number of hydrogen-bond acceptors (Lipinski definition) is 1. The van der Waals surface area contributed by atoms with Crippen molar-refractivity contribution in [2.75, 3.05) is 0 Å². The van der Waals surface area contributed by atoms with Gasteiger partial charge in [-0.25, -0.2) is 0 Å². The van der Waals surface area contributed by atoms with E-state index in [0.717, 1.165) is 23.0 Å². The third kappa shape index (κ3) is 1.18. The zero-order valence-electron chi connectivity index (χ0n) is 8.41. The summed E-state index contributed by atoms with van der Waals surface area (Å²) in [7, 11) is 0. The molecule has 0 bridgehead atoms. The average molecular weight is 184 g/mol. The van der Waals surface area contributed by atoms with Crippen molar-refractivity contribution in [3.05, 3.63) is 35.5 Å². The number of nitriles is 1. The Morgan fingerprint density at radius 3 is 2.86 bits per heavy atom. The van der Waals surface area contributed by atoms with Gasteiger partial charge in [-0.1, -0.05) is 12.1 Å². The van der Waals surface area contributed by atoms with Crippen molar-refractivity contribution < 1.29 is 0 Å². The molecule has 0 amide bonds. The summed E-state index contributed by atoms with van der Waals surface area (Å²) in [4.78, 5) is 0. The second kappa shape index (κ2) is 3.19. The Morgan fingerprint density at radius 2 is 2.21 bits per heavy atom. The number of nitrogens with zero attached hydrogens (tertiary/aromatic N) is 2. The molecule has 0 saturated heterocycles. The number of fused-ring (bicyclic) bond motifs is 1. The van der Waals surface area contributed by atoms with Crippen LogP contribution in [0.1, 0.15) is 18.1 Å². The third-order valence-electron chi connectivity index (χ3n) is 2.50. The summed E-state index contributed by atoms with van der Waals surface area (Å²) in [5.41, 5.74) is 3.15. The van der Waals surface area contributed by atoms with Gasteiger partial charge in [0.05, 0.1) is 5.56 Å². The molecule has 0 aliphatic rings. The van der Waals surface area contributed by atoms with Gasteiger partial charge in [0.2, 0.25) is 0 Å². The highest BCUT2D eigenvalue weighted by atomic mass is 14.9. The SMILES string of the molecule is CCn1cc(C#N)c2ccc(C)cc21. The molecule has 2 heteroatoms. The Morgan fingerprint density at radius 1 is 1.43 bits per heavy atom. The summed E-state index contributed by atoms with van der Waals surface area (Å²) in [6.07, 6.45) is 1.92. The predicted octanol–water partition coefficient (Wildman–Crippen LogP) is 2.84. The third-order valence-corrected chi connectivity index (χ3v) is 2.50. The molecule has 2 aromatic rings. The molecule has 0 radical (unpaired) electrons. The maximum Gasteiger partial charge on any atom is 0.101 e. The molecule has 0 aliphatic carbocycles. The number of aromatic nitrogens is 1. The van der Waals surface area contributed by atoms with E-state index in [1.165, 1.54) is 5.56 Å². The predicted molar refractivity (Wildman–Crippen MR) is 57.1 cm³/mol. The van der Waals surface area contributed by atoms with Gasteiger partial charge in [-0.15, -0.1) is 0 Å². The van der Waals surface area contributed by atoms with Gasteiger partial charge in [0.15, 0.2) is 0 Å². The maximum absolute atomic E-state index is 8.95. The fourth-order valence-electron chi connectivity index (χ4n) is 1.75. The van der Waals surface area contributed by atoms with Crippen LogP contribution >= 0.6 is 0 Å². The minimum Gasteiger partial charge on any atom is -0.346 e. The van der Waals surface area contributed by atoms with E-state index in [-0.39, 0.29) is 0 Å². The first-order chi connectivity index (χ1) is 6.76. The van der Waals surface area contributed by atoms with Gasteiger partial charge in [0.25, 0.3) is 0 Å². The molecule has 2 rings (SSSR count). The molecule has 1 aromatic carbocycles. The number of hydrogen-bond donors (Lipinski definition) is 0. The van der Waals surface area contributed by atoms with E-state index >= 15 is 0 Å². The smallest absolute Gasteiger partial charge is 0.101 e. The van der Waals surface area contributed by atoms with Gasteiger partial charge in [-0.2, -0.15) is 5.26 Å². The second-order valence-electron chi connectivity index (χ2n) is 3.46. The minimum absolute atomic E-state index is 0.766. The van der Waals surface area contributed by atoms with Crippen molar-refractivity contribution in [2.24, 2.45) is 0 Å². The molecule has 0 spiro atoms. The van der Waals surface area contributed by atoms with E-state index in [0.29, 0.717) is 0 Å². The van der Waals surface area contributed by atoms with Crippen molar-refractivity contribution in [3.63, 3.8) is 0 Å². The van der Waals surface area contributed by atoms with Gasteiger partial charge in [-0.05, 0) is 25.5 Å². The summed E-state index contributed by atoms with van der Waals surface area (Å²) in [5, 5.41) is 10.0. The van der Waals surface area contributed by atoms with Crippen molar-refractivity contribution in [1.29, 1.82) is 5.26 Å². The molecule has 1 aromatic heterocycles. The van der Waals surface area contributed by atoms with Crippen molar-refractivity contribution >= 4 is 10.9 Å². The van der Waals surface area contributed by atoms with Crippen LogP contribution in [0, 0.1) is 18.3 Å². The molecule has 0 saturated carbocycles. The lowest BCUT2D eigenvalue weighted by Gasteiger charge is -2.00. The van der Waals surface area contributed by atoms with Gasteiger partial charge in [0.1, 0.15) is 6.07 Å². The van der Waals surface area contributed by atoms with E-state index in [1.807, 2.05) is 18.3 Å². The van der Waals surface area contributed by atoms with Crippen LogP contribution in [0.25, 0.3) is 10.9 Å². The van der Waals surface area contributed by atoms with Crippen molar-refractivity contribution in [2.45, 2.75) is 20.4 Å². The Bertz CT molecular complexity index is 515. The van der Waals surface area contributed by atoms with E-state index in [2.05, 4.69) is 30.6 Å². The molecule has 0 aliphatic heterocycles. The van der Waals surface area contributed by atoms with Crippen molar-refractivity contribution in [3.8, 4) is 6.07 Å². The molecule has 70 valence electrons. The lowest BCUT2D eigenvalue weighted by Crippen LogP contribution is -1.90. The Balaban J connectivity index is 2.84. The first-order valence-corrected chi connectivity index (χ1v) is 4.76. The summed E-state index contributed by atoms with van der Waals surface area (Å²) < 4.78 is 2.11. The second-order valence-corrected chi connectivity index (χ2v) is 3.46. The standard InChI is InChI=1S/C12H12N2/c1-3-14-8-10(7-13)11-5-4-9(2)6-12(11)14/h4-6,8H,3H2,1-2H3. The molecule has 14 heavy (non-hydrogen) atoms. The lowest BCUT2D eigenvalue weighted by atomic mass is 10.1. The van der Waals surface area contributed by atoms with Crippen molar-refractivity contribution in [1.82, 2.24) is 4.57 Å². The molecule has 0 fully saturated rings.